The lowest BCUT2D eigenvalue weighted by molar-refractivity contribution is -0.385. The Bertz CT molecular complexity index is 873. The molecule has 1 unspecified atom stereocenters. The largest absolute Gasteiger partial charge is 0.502 e. The predicted molar refractivity (Wildman–Crippen MR) is 100 cm³/mol. The van der Waals surface area contributed by atoms with Crippen molar-refractivity contribution in [3.05, 3.63) is 62.1 Å². The third-order valence-corrected chi connectivity index (χ3v) is 3.71. The average Bonchev–Trinajstić information content (AvgIpc) is 2.57. The minimum absolute atomic E-state index is 0.0000431. The third-order valence-electron chi connectivity index (χ3n) is 3.26. The highest BCUT2D eigenvalue weighted by molar-refractivity contribution is 6.31. The van der Waals surface area contributed by atoms with Crippen molar-refractivity contribution in [3.8, 4) is 5.75 Å². The number of carbonyl (C=O) groups excluding carboxylic acids is 1. The van der Waals surface area contributed by atoms with E-state index in [0.717, 1.165) is 12.3 Å². The van der Waals surface area contributed by atoms with Gasteiger partial charge in [0.25, 0.3) is 5.91 Å². The Hall–Kier alpha value is -2.84. The molecule has 0 aliphatic rings. The second-order valence-electron chi connectivity index (χ2n) is 5.23. The van der Waals surface area contributed by atoms with Crippen LogP contribution in [0.3, 0.4) is 0 Å². The zero-order valence-electron chi connectivity index (χ0n) is 13.4. The van der Waals surface area contributed by atoms with Crippen LogP contribution in [0, 0.1) is 10.1 Å². The summed E-state index contributed by atoms with van der Waals surface area (Å²) in [4.78, 5) is 22.1. The lowest BCUT2D eigenvalue weighted by Gasteiger charge is -2.13. The monoisotopic (exact) mass is 396 g/mol. The van der Waals surface area contributed by atoms with E-state index in [-0.39, 0.29) is 10.6 Å². The number of hydrogen-bond acceptors (Lipinski definition) is 6. The molecule has 8 nitrogen and oxygen atoms in total. The van der Waals surface area contributed by atoms with Crippen molar-refractivity contribution in [1.29, 1.82) is 0 Å². The summed E-state index contributed by atoms with van der Waals surface area (Å²) in [5.41, 5.74) is 2.38. The molecule has 2 rings (SSSR count). The zero-order chi connectivity index (χ0) is 19.3. The number of aromatic hydroxyl groups is 1. The normalized spacial score (nSPS) is 12.0. The number of rotatable bonds is 6. The Kier molecular flexibility index (Phi) is 6.37. The Balaban J connectivity index is 2.03. The summed E-state index contributed by atoms with van der Waals surface area (Å²) in [6.07, 6.45) is 1.07. The highest BCUT2D eigenvalue weighted by Gasteiger charge is 2.18. The van der Waals surface area contributed by atoms with Crippen molar-refractivity contribution in [2.45, 2.75) is 13.0 Å². The van der Waals surface area contributed by atoms with Crippen LogP contribution < -0.4 is 10.7 Å². The molecule has 0 saturated carbocycles. The summed E-state index contributed by atoms with van der Waals surface area (Å²) in [5.74, 6) is -1.06. The number of benzene rings is 2. The first-order chi connectivity index (χ1) is 12.3. The van der Waals surface area contributed by atoms with Crippen LogP contribution in [0.5, 0.6) is 5.75 Å². The number of phenols is 1. The number of hydrogen-bond donors (Lipinski definition) is 3. The molecule has 0 radical (unpaired) electrons. The first-order valence-corrected chi connectivity index (χ1v) is 8.05. The van der Waals surface area contributed by atoms with E-state index in [2.05, 4.69) is 15.8 Å². The molecule has 0 spiro atoms. The van der Waals surface area contributed by atoms with Crippen molar-refractivity contribution in [2.75, 3.05) is 5.32 Å². The SMILES string of the molecule is CC(Nc1cccc(Cl)c1)C(=O)N/N=C/c1cc(Cl)cc([N+](=O)[O-])c1O. The molecule has 10 heteroatoms. The lowest BCUT2D eigenvalue weighted by Crippen LogP contribution is -2.34. The molecule has 1 atom stereocenters. The van der Waals surface area contributed by atoms with Gasteiger partial charge in [0.05, 0.1) is 11.1 Å². The maximum Gasteiger partial charge on any atom is 0.312 e. The Morgan fingerprint density at radius 1 is 1.31 bits per heavy atom. The zero-order valence-corrected chi connectivity index (χ0v) is 15.0. The van der Waals surface area contributed by atoms with Crippen molar-refractivity contribution >= 4 is 46.7 Å². The van der Waals surface area contributed by atoms with E-state index >= 15 is 0 Å². The van der Waals surface area contributed by atoms with E-state index in [4.69, 9.17) is 23.2 Å². The second-order valence-corrected chi connectivity index (χ2v) is 6.10. The van der Waals surface area contributed by atoms with Crippen LogP contribution in [-0.4, -0.2) is 28.2 Å². The van der Waals surface area contributed by atoms with Gasteiger partial charge in [-0.15, -0.1) is 0 Å². The number of nitrogens with one attached hydrogen (secondary N) is 2. The molecule has 0 aliphatic carbocycles. The smallest absolute Gasteiger partial charge is 0.312 e. The standard InChI is InChI=1S/C16H14Cl2N4O4/c1-9(20-13-4-2-3-11(17)6-13)16(24)21-19-8-10-5-12(18)7-14(15(10)23)22(25)26/h2-9,20,23H,1H3,(H,21,24)/b19-8+. The first-order valence-electron chi connectivity index (χ1n) is 7.30. The molecule has 3 N–H and O–H groups in total. The molecule has 0 aromatic heterocycles. The van der Waals surface area contributed by atoms with Crippen molar-refractivity contribution in [3.63, 3.8) is 0 Å². The van der Waals surface area contributed by atoms with Crippen molar-refractivity contribution in [2.24, 2.45) is 5.10 Å². The van der Waals surface area contributed by atoms with Gasteiger partial charge in [0, 0.05) is 27.4 Å². The van der Waals surface area contributed by atoms with E-state index in [1.54, 1.807) is 31.2 Å². The fraction of sp³-hybridized carbons (Fsp3) is 0.125. The number of anilines is 1. The maximum atomic E-state index is 12.0. The molecule has 0 bridgehead atoms. The van der Waals surface area contributed by atoms with Crippen LogP contribution >= 0.6 is 23.2 Å². The van der Waals surface area contributed by atoms with Gasteiger partial charge < -0.3 is 10.4 Å². The molecular formula is C16H14Cl2N4O4. The summed E-state index contributed by atoms with van der Waals surface area (Å²) in [5, 5.41) is 27.9. The molecule has 26 heavy (non-hydrogen) atoms. The number of hydrazone groups is 1. The van der Waals surface area contributed by atoms with Gasteiger partial charge in [0.2, 0.25) is 5.75 Å². The van der Waals surface area contributed by atoms with E-state index in [1.165, 1.54) is 6.07 Å². The Labute approximate surface area is 158 Å². The maximum absolute atomic E-state index is 12.0. The molecule has 1 amide bonds. The van der Waals surface area contributed by atoms with Crippen LogP contribution in [0.2, 0.25) is 10.0 Å². The summed E-state index contributed by atoms with van der Waals surface area (Å²) in [7, 11) is 0. The van der Waals surface area contributed by atoms with E-state index in [0.29, 0.717) is 10.7 Å². The van der Waals surface area contributed by atoms with Gasteiger partial charge in [-0.05, 0) is 31.2 Å². The molecule has 2 aromatic rings. The van der Waals surface area contributed by atoms with Gasteiger partial charge in [-0.1, -0.05) is 29.3 Å². The van der Waals surface area contributed by atoms with E-state index in [9.17, 15) is 20.0 Å². The summed E-state index contributed by atoms with van der Waals surface area (Å²) >= 11 is 11.7. The van der Waals surface area contributed by atoms with Crippen molar-refractivity contribution < 1.29 is 14.8 Å². The number of nitro groups is 1. The fourth-order valence-corrected chi connectivity index (χ4v) is 2.41. The van der Waals surface area contributed by atoms with Crippen LogP contribution in [0.4, 0.5) is 11.4 Å². The van der Waals surface area contributed by atoms with E-state index in [1.807, 2.05) is 0 Å². The van der Waals surface area contributed by atoms with Crippen molar-refractivity contribution in [1.82, 2.24) is 5.43 Å². The van der Waals surface area contributed by atoms with Crippen LogP contribution in [0.1, 0.15) is 12.5 Å². The Morgan fingerprint density at radius 2 is 2.04 bits per heavy atom. The number of halogens is 2. The number of amides is 1. The summed E-state index contributed by atoms with van der Waals surface area (Å²) < 4.78 is 0. The van der Waals surface area contributed by atoms with E-state index < -0.39 is 28.3 Å². The average molecular weight is 397 g/mol. The third kappa shape index (κ3) is 5.08. The minimum Gasteiger partial charge on any atom is -0.502 e. The highest BCUT2D eigenvalue weighted by atomic mass is 35.5. The molecule has 0 saturated heterocycles. The minimum atomic E-state index is -0.770. The highest BCUT2D eigenvalue weighted by Crippen LogP contribution is 2.32. The number of nitrogens with zero attached hydrogens (tertiary/aromatic N) is 2. The quantitative estimate of drug-likeness (QED) is 0.392. The fourth-order valence-electron chi connectivity index (χ4n) is 2.00. The Morgan fingerprint density at radius 3 is 2.69 bits per heavy atom. The van der Waals surface area contributed by atoms with Gasteiger partial charge >= 0.3 is 5.69 Å². The molecule has 0 heterocycles. The van der Waals surface area contributed by atoms with Gasteiger partial charge in [-0.2, -0.15) is 5.10 Å². The number of nitro benzene ring substituents is 1. The summed E-state index contributed by atoms with van der Waals surface area (Å²) in [6.45, 7) is 1.62. The predicted octanol–water partition coefficient (Wildman–Crippen LogP) is 3.56. The molecule has 2 aromatic carbocycles. The number of carbonyl (C=O) groups is 1. The molecular weight excluding hydrogens is 383 g/mol. The van der Waals surface area contributed by atoms with Gasteiger partial charge in [-0.3, -0.25) is 14.9 Å². The van der Waals surface area contributed by atoms with Crippen LogP contribution in [-0.2, 0) is 4.79 Å². The molecule has 0 fully saturated rings. The van der Waals surface area contributed by atoms with Crippen LogP contribution in [0.15, 0.2) is 41.5 Å². The number of phenolic OH excluding ortho intramolecular Hbond substituents is 1. The first kappa shape index (κ1) is 19.5. The van der Waals surface area contributed by atoms with Crippen LogP contribution in [0.25, 0.3) is 0 Å². The second kappa shape index (κ2) is 8.50. The summed E-state index contributed by atoms with van der Waals surface area (Å²) in [6, 6.07) is 8.53. The molecule has 136 valence electrons. The van der Waals surface area contributed by atoms with Gasteiger partial charge in [-0.25, -0.2) is 5.43 Å². The van der Waals surface area contributed by atoms with Gasteiger partial charge in [0.1, 0.15) is 6.04 Å². The van der Waals surface area contributed by atoms with Gasteiger partial charge in [0.15, 0.2) is 0 Å². The molecule has 0 aliphatic heterocycles. The lowest BCUT2D eigenvalue weighted by atomic mass is 10.2. The topological polar surface area (TPSA) is 117 Å².